The molecule has 0 amide bonds. The van der Waals surface area contributed by atoms with Crippen LogP contribution in [0.3, 0.4) is 0 Å². The molecule has 0 saturated heterocycles. The molecule has 1 fully saturated rings. The summed E-state index contributed by atoms with van der Waals surface area (Å²) >= 11 is 0. The lowest BCUT2D eigenvalue weighted by Crippen LogP contribution is -2.24. The number of nitrogens with zero attached hydrogens (tertiary/aromatic N) is 3. The van der Waals surface area contributed by atoms with Gasteiger partial charge in [-0.15, -0.1) is 6.42 Å². The molecular weight excluding hydrogens is 412 g/mol. The molecule has 0 atom stereocenters. The second kappa shape index (κ2) is 8.88. The van der Waals surface area contributed by atoms with Crippen LogP contribution >= 0.6 is 0 Å². The van der Waals surface area contributed by atoms with Crippen LogP contribution in [-0.2, 0) is 10.0 Å². The smallest absolute Gasteiger partial charge is 0.240 e. The van der Waals surface area contributed by atoms with E-state index in [1.165, 1.54) is 0 Å². The normalized spacial score (nSPS) is 13.7. The van der Waals surface area contributed by atoms with E-state index in [1.54, 1.807) is 30.5 Å². The van der Waals surface area contributed by atoms with Gasteiger partial charge in [0.1, 0.15) is 5.82 Å². The van der Waals surface area contributed by atoms with Gasteiger partial charge in [0.2, 0.25) is 10.0 Å². The van der Waals surface area contributed by atoms with Crippen molar-refractivity contribution >= 4 is 21.7 Å². The van der Waals surface area contributed by atoms with Crippen LogP contribution in [0.4, 0.5) is 11.6 Å². The third-order valence-electron chi connectivity index (χ3n) is 5.02. The van der Waals surface area contributed by atoms with E-state index in [2.05, 4.69) is 36.1 Å². The van der Waals surface area contributed by atoms with Gasteiger partial charge in [-0.05, 0) is 31.4 Å². The molecule has 0 bridgehead atoms. The van der Waals surface area contributed by atoms with E-state index >= 15 is 0 Å². The monoisotopic (exact) mass is 436 g/mol. The molecule has 2 heterocycles. The molecule has 9 heteroatoms. The molecule has 160 valence electrons. The fourth-order valence-electron chi connectivity index (χ4n) is 3.11. The van der Waals surface area contributed by atoms with Gasteiger partial charge in [-0.25, -0.2) is 23.1 Å². The number of nitrogens with one attached hydrogen (secondary N) is 3. The van der Waals surface area contributed by atoms with Crippen molar-refractivity contribution in [3.05, 3.63) is 47.8 Å². The van der Waals surface area contributed by atoms with E-state index in [0.29, 0.717) is 41.0 Å². The van der Waals surface area contributed by atoms with Crippen LogP contribution in [-0.4, -0.2) is 35.1 Å². The second-order valence-corrected chi connectivity index (χ2v) is 9.25. The fourth-order valence-corrected chi connectivity index (χ4v) is 4.23. The third kappa shape index (κ3) is 4.93. The molecule has 8 nitrogen and oxygen atoms in total. The van der Waals surface area contributed by atoms with Crippen LogP contribution in [0.5, 0.6) is 0 Å². The van der Waals surface area contributed by atoms with Crippen molar-refractivity contribution in [2.75, 3.05) is 11.9 Å². The first kappa shape index (κ1) is 21.0. The van der Waals surface area contributed by atoms with Gasteiger partial charge in [0.15, 0.2) is 11.6 Å². The fraction of sp³-hybridized carbons (Fsp3) is 0.318. The van der Waals surface area contributed by atoms with E-state index in [1.807, 2.05) is 13.0 Å². The molecule has 3 N–H and O–H groups in total. The van der Waals surface area contributed by atoms with Crippen molar-refractivity contribution < 1.29 is 8.42 Å². The number of sulfonamides is 1. The Hall–Kier alpha value is -3.22. The summed E-state index contributed by atoms with van der Waals surface area (Å²) in [6, 6.07) is 8.50. The molecule has 0 spiro atoms. The lowest BCUT2D eigenvalue weighted by molar-refractivity contribution is 0.578. The number of aromatic amines is 1. The quantitative estimate of drug-likeness (QED) is 0.349. The van der Waals surface area contributed by atoms with Crippen molar-refractivity contribution in [2.45, 2.75) is 43.4 Å². The molecule has 3 aromatic rings. The van der Waals surface area contributed by atoms with Crippen molar-refractivity contribution in [3.8, 4) is 23.7 Å². The summed E-state index contributed by atoms with van der Waals surface area (Å²) in [6.45, 7) is 2.41. The highest BCUT2D eigenvalue weighted by atomic mass is 32.2. The summed E-state index contributed by atoms with van der Waals surface area (Å²) in [6.07, 6.45) is 11.2. The number of unbranched alkanes of at least 4 members (excludes halogenated alkanes) is 1. The van der Waals surface area contributed by atoms with E-state index < -0.39 is 10.0 Å². The van der Waals surface area contributed by atoms with E-state index in [-0.39, 0.29) is 4.90 Å². The summed E-state index contributed by atoms with van der Waals surface area (Å²) in [4.78, 5) is 9.05. The minimum atomic E-state index is -3.60. The number of hydrogen-bond acceptors (Lipinski definition) is 6. The maximum Gasteiger partial charge on any atom is 0.240 e. The predicted octanol–water partition coefficient (Wildman–Crippen LogP) is 3.55. The number of anilines is 2. The Morgan fingerprint density at radius 3 is 2.87 bits per heavy atom. The number of benzene rings is 1. The standard InChI is InChI=1S/C22H24N6O2S/c1-3-5-11-24-31(29,30)18-8-6-7-17(12-18)21-23-14-15(4-2)22(26-21)25-20-13-19(27-28-20)16-9-10-16/h2,6-8,12-14,16,24H,3,5,9-11H2,1H3,(H2,23,25,26,27,28). The molecule has 31 heavy (non-hydrogen) atoms. The van der Waals surface area contributed by atoms with Gasteiger partial charge in [0.05, 0.1) is 16.2 Å². The number of terminal acetylenes is 1. The Balaban J connectivity index is 1.61. The van der Waals surface area contributed by atoms with Crippen LogP contribution < -0.4 is 10.0 Å². The zero-order valence-electron chi connectivity index (χ0n) is 17.2. The lowest BCUT2D eigenvalue weighted by atomic mass is 10.2. The molecule has 1 aromatic carbocycles. The van der Waals surface area contributed by atoms with Crippen LogP contribution in [0, 0.1) is 12.3 Å². The molecule has 0 unspecified atom stereocenters. The SMILES string of the molecule is C#Cc1cnc(-c2cccc(S(=O)(=O)NCCCC)c2)nc1Nc1cc(C2CC2)n[nH]1. The van der Waals surface area contributed by atoms with Crippen LogP contribution in [0.25, 0.3) is 11.4 Å². The summed E-state index contributed by atoms with van der Waals surface area (Å²) < 4.78 is 27.7. The summed E-state index contributed by atoms with van der Waals surface area (Å²) in [5.41, 5.74) is 2.09. The zero-order valence-corrected chi connectivity index (χ0v) is 18.0. The molecular formula is C22H24N6O2S. The lowest BCUT2D eigenvalue weighted by Gasteiger charge is -2.10. The van der Waals surface area contributed by atoms with E-state index in [9.17, 15) is 8.42 Å². The molecule has 1 aliphatic rings. The maximum atomic E-state index is 12.6. The Morgan fingerprint density at radius 1 is 1.29 bits per heavy atom. The Bertz CT molecular complexity index is 1220. The van der Waals surface area contributed by atoms with E-state index in [0.717, 1.165) is 31.4 Å². The molecule has 2 aromatic heterocycles. The van der Waals surface area contributed by atoms with Crippen LogP contribution in [0.15, 0.2) is 41.4 Å². The van der Waals surface area contributed by atoms with Gasteiger partial charge in [0.25, 0.3) is 0 Å². The first-order valence-corrected chi connectivity index (χ1v) is 11.7. The Kier molecular flexibility index (Phi) is 6.02. The largest absolute Gasteiger partial charge is 0.324 e. The van der Waals surface area contributed by atoms with Crippen molar-refractivity contribution in [1.82, 2.24) is 24.9 Å². The molecule has 0 aliphatic heterocycles. The third-order valence-corrected chi connectivity index (χ3v) is 6.47. The van der Waals surface area contributed by atoms with Gasteiger partial charge >= 0.3 is 0 Å². The summed E-state index contributed by atoms with van der Waals surface area (Å²) in [5.74, 6) is 4.61. The Labute approximate surface area is 182 Å². The molecule has 1 saturated carbocycles. The highest BCUT2D eigenvalue weighted by Crippen LogP contribution is 2.39. The van der Waals surface area contributed by atoms with Crippen molar-refractivity contribution in [3.63, 3.8) is 0 Å². The van der Waals surface area contributed by atoms with Gasteiger partial charge in [0, 0.05) is 30.3 Å². The number of rotatable bonds is 9. The van der Waals surface area contributed by atoms with Crippen molar-refractivity contribution in [2.24, 2.45) is 0 Å². The summed E-state index contributed by atoms with van der Waals surface area (Å²) in [7, 11) is -3.60. The van der Waals surface area contributed by atoms with Gasteiger partial charge in [-0.2, -0.15) is 5.10 Å². The topological polar surface area (TPSA) is 113 Å². The van der Waals surface area contributed by atoms with Crippen LogP contribution in [0.2, 0.25) is 0 Å². The minimum absolute atomic E-state index is 0.169. The zero-order chi connectivity index (χ0) is 21.8. The van der Waals surface area contributed by atoms with E-state index in [4.69, 9.17) is 6.42 Å². The minimum Gasteiger partial charge on any atom is -0.324 e. The molecule has 4 rings (SSSR count). The van der Waals surface area contributed by atoms with Gasteiger partial charge in [-0.1, -0.05) is 31.4 Å². The first-order valence-electron chi connectivity index (χ1n) is 10.3. The van der Waals surface area contributed by atoms with Gasteiger partial charge in [-0.3, -0.25) is 5.10 Å². The maximum absolute atomic E-state index is 12.6. The number of aromatic nitrogens is 4. The van der Waals surface area contributed by atoms with Gasteiger partial charge < -0.3 is 5.32 Å². The average Bonchev–Trinajstić information content (AvgIpc) is 3.53. The van der Waals surface area contributed by atoms with Crippen molar-refractivity contribution in [1.29, 1.82) is 0 Å². The highest BCUT2D eigenvalue weighted by Gasteiger charge is 2.26. The first-order chi connectivity index (χ1) is 15.0. The summed E-state index contributed by atoms with van der Waals surface area (Å²) in [5, 5.41) is 10.5. The highest BCUT2D eigenvalue weighted by molar-refractivity contribution is 7.89. The molecule has 1 aliphatic carbocycles. The predicted molar refractivity (Wildman–Crippen MR) is 119 cm³/mol. The number of H-pyrrole nitrogens is 1. The molecule has 0 radical (unpaired) electrons. The number of hydrogen-bond donors (Lipinski definition) is 3. The average molecular weight is 437 g/mol. The van der Waals surface area contributed by atoms with Crippen LogP contribution in [0.1, 0.15) is 49.8 Å². The second-order valence-electron chi connectivity index (χ2n) is 7.49. The Morgan fingerprint density at radius 2 is 2.13 bits per heavy atom.